The number of rotatable bonds is 6. The maximum absolute atomic E-state index is 4.40. The highest BCUT2D eigenvalue weighted by atomic mass is 15.3. The van der Waals surface area contributed by atoms with Crippen molar-refractivity contribution in [2.45, 2.75) is 45.6 Å². The molecule has 0 radical (unpaired) electrons. The predicted molar refractivity (Wildman–Crippen MR) is 79.3 cm³/mol. The SMILES string of the molecule is Cc1nn(C)cc1C(C)NCCCN1CCCCC1. The van der Waals surface area contributed by atoms with Crippen LogP contribution in [0.1, 0.15) is 49.9 Å². The summed E-state index contributed by atoms with van der Waals surface area (Å²) >= 11 is 0. The van der Waals surface area contributed by atoms with E-state index in [-0.39, 0.29) is 0 Å². The molecule has 4 heteroatoms. The smallest absolute Gasteiger partial charge is 0.0641 e. The summed E-state index contributed by atoms with van der Waals surface area (Å²) in [6.45, 7) is 9.25. The summed E-state index contributed by atoms with van der Waals surface area (Å²) in [6.07, 6.45) is 7.56. The molecule has 1 fully saturated rings. The third-order valence-corrected chi connectivity index (χ3v) is 4.07. The van der Waals surface area contributed by atoms with Gasteiger partial charge in [-0.15, -0.1) is 0 Å². The Morgan fingerprint density at radius 1 is 1.32 bits per heavy atom. The van der Waals surface area contributed by atoms with Gasteiger partial charge in [0.05, 0.1) is 5.69 Å². The second-order valence-electron chi connectivity index (χ2n) is 5.78. The molecule has 1 atom stereocenters. The Bertz CT molecular complexity index is 379. The van der Waals surface area contributed by atoms with Crippen LogP contribution in [0, 0.1) is 6.92 Å². The minimum Gasteiger partial charge on any atom is -0.310 e. The van der Waals surface area contributed by atoms with Crippen LogP contribution in [0.2, 0.25) is 0 Å². The zero-order valence-electron chi connectivity index (χ0n) is 12.7. The highest BCUT2D eigenvalue weighted by Crippen LogP contribution is 2.15. The number of hydrogen-bond acceptors (Lipinski definition) is 3. The average molecular weight is 264 g/mol. The number of piperidine rings is 1. The van der Waals surface area contributed by atoms with Crippen molar-refractivity contribution >= 4 is 0 Å². The maximum atomic E-state index is 4.40. The zero-order chi connectivity index (χ0) is 13.7. The van der Waals surface area contributed by atoms with Gasteiger partial charge in [0.15, 0.2) is 0 Å². The molecule has 1 unspecified atom stereocenters. The average Bonchev–Trinajstić information content (AvgIpc) is 2.75. The first-order valence-electron chi connectivity index (χ1n) is 7.62. The highest BCUT2D eigenvalue weighted by molar-refractivity contribution is 5.19. The van der Waals surface area contributed by atoms with Crippen LogP contribution in [0.3, 0.4) is 0 Å². The van der Waals surface area contributed by atoms with E-state index in [1.807, 2.05) is 11.7 Å². The van der Waals surface area contributed by atoms with E-state index in [9.17, 15) is 0 Å². The van der Waals surface area contributed by atoms with Crippen LogP contribution in [-0.2, 0) is 7.05 Å². The Kier molecular flexibility index (Phi) is 5.40. The molecule has 2 heterocycles. The van der Waals surface area contributed by atoms with Crippen molar-refractivity contribution in [1.82, 2.24) is 20.0 Å². The maximum Gasteiger partial charge on any atom is 0.0641 e. The molecular formula is C15H28N4. The summed E-state index contributed by atoms with van der Waals surface area (Å²) in [6, 6.07) is 0.398. The number of hydrogen-bond donors (Lipinski definition) is 1. The quantitative estimate of drug-likeness (QED) is 0.800. The van der Waals surface area contributed by atoms with Crippen molar-refractivity contribution in [2.24, 2.45) is 7.05 Å². The van der Waals surface area contributed by atoms with Crippen LogP contribution in [0.15, 0.2) is 6.20 Å². The minimum absolute atomic E-state index is 0.398. The fourth-order valence-electron chi connectivity index (χ4n) is 2.96. The molecule has 0 amide bonds. The van der Waals surface area contributed by atoms with E-state index < -0.39 is 0 Å². The second kappa shape index (κ2) is 7.06. The lowest BCUT2D eigenvalue weighted by molar-refractivity contribution is 0.225. The number of aryl methyl sites for hydroxylation is 2. The van der Waals surface area contributed by atoms with Crippen molar-refractivity contribution in [1.29, 1.82) is 0 Å². The van der Waals surface area contributed by atoms with E-state index >= 15 is 0 Å². The van der Waals surface area contributed by atoms with Gasteiger partial charge in [-0.3, -0.25) is 4.68 Å². The van der Waals surface area contributed by atoms with Crippen molar-refractivity contribution in [3.63, 3.8) is 0 Å². The lowest BCUT2D eigenvalue weighted by Gasteiger charge is -2.26. The Hall–Kier alpha value is -0.870. The summed E-state index contributed by atoms with van der Waals surface area (Å²) < 4.78 is 1.90. The standard InChI is InChI=1S/C15H28N4/c1-13(15-12-18(3)17-14(15)2)16-8-7-11-19-9-5-4-6-10-19/h12-13,16H,4-11H2,1-3H3. The summed E-state index contributed by atoms with van der Waals surface area (Å²) in [5, 5.41) is 8.01. The minimum atomic E-state index is 0.398. The molecule has 0 spiro atoms. The van der Waals surface area contributed by atoms with Gasteiger partial charge in [0.1, 0.15) is 0 Å². The van der Waals surface area contributed by atoms with Crippen LogP contribution >= 0.6 is 0 Å². The van der Waals surface area contributed by atoms with E-state index in [2.05, 4.69) is 35.4 Å². The number of nitrogens with zero attached hydrogens (tertiary/aromatic N) is 3. The molecule has 0 aromatic carbocycles. The fraction of sp³-hybridized carbons (Fsp3) is 0.800. The van der Waals surface area contributed by atoms with Gasteiger partial charge in [0.25, 0.3) is 0 Å². The number of nitrogens with one attached hydrogen (secondary N) is 1. The topological polar surface area (TPSA) is 33.1 Å². The molecule has 1 aromatic rings. The van der Waals surface area contributed by atoms with Crippen LogP contribution in [0.5, 0.6) is 0 Å². The van der Waals surface area contributed by atoms with Gasteiger partial charge in [-0.2, -0.15) is 5.10 Å². The van der Waals surface area contributed by atoms with E-state index in [0.717, 1.165) is 12.2 Å². The molecule has 108 valence electrons. The summed E-state index contributed by atoms with van der Waals surface area (Å²) in [5.41, 5.74) is 2.46. The van der Waals surface area contributed by atoms with Crippen molar-refractivity contribution in [3.8, 4) is 0 Å². The van der Waals surface area contributed by atoms with Crippen LogP contribution in [0.25, 0.3) is 0 Å². The first kappa shape index (κ1) is 14.5. The van der Waals surface area contributed by atoms with Gasteiger partial charge in [-0.05, 0) is 59.3 Å². The molecule has 1 aromatic heterocycles. The lowest BCUT2D eigenvalue weighted by atomic mass is 10.1. The Morgan fingerprint density at radius 2 is 2.05 bits per heavy atom. The van der Waals surface area contributed by atoms with Crippen molar-refractivity contribution < 1.29 is 0 Å². The molecule has 0 aliphatic carbocycles. The normalized spacial score (nSPS) is 18.7. The van der Waals surface area contributed by atoms with Gasteiger partial charge in [0, 0.05) is 24.8 Å². The van der Waals surface area contributed by atoms with Gasteiger partial charge in [-0.1, -0.05) is 6.42 Å². The molecule has 1 N–H and O–H groups in total. The van der Waals surface area contributed by atoms with Gasteiger partial charge in [0.2, 0.25) is 0 Å². The number of likely N-dealkylation sites (tertiary alicyclic amines) is 1. The van der Waals surface area contributed by atoms with Gasteiger partial charge >= 0.3 is 0 Å². The molecule has 0 saturated carbocycles. The molecular weight excluding hydrogens is 236 g/mol. The fourth-order valence-corrected chi connectivity index (χ4v) is 2.96. The van der Waals surface area contributed by atoms with Crippen LogP contribution in [-0.4, -0.2) is 40.9 Å². The Morgan fingerprint density at radius 3 is 2.68 bits per heavy atom. The van der Waals surface area contributed by atoms with Crippen LogP contribution < -0.4 is 5.32 Å². The zero-order valence-corrected chi connectivity index (χ0v) is 12.7. The monoisotopic (exact) mass is 264 g/mol. The molecule has 1 aliphatic heterocycles. The van der Waals surface area contributed by atoms with E-state index in [4.69, 9.17) is 0 Å². The summed E-state index contributed by atoms with van der Waals surface area (Å²) in [5.74, 6) is 0. The highest BCUT2D eigenvalue weighted by Gasteiger charge is 2.12. The Labute approximate surface area is 117 Å². The molecule has 1 aliphatic rings. The molecule has 1 saturated heterocycles. The second-order valence-corrected chi connectivity index (χ2v) is 5.78. The van der Waals surface area contributed by atoms with Crippen molar-refractivity contribution in [2.75, 3.05) is 26.2 Å². The first-order valence-corrected chi connectivity index (χ1v) is 7.62. The van der Waals surface area contributed by atoms with E-state index in [1.54, 1.807) is 0 Å². The Balaban J connectivity index is 1.66. The van der Waals surface area contributed by atoms with E-state index in [1.165, 1.54) is 50.9 Å². The molecule has 4 nitrogen and oxygen atoms in total. The van der Waals surface area contributed by atoms with E-state index in [0.29, 0.717) is 6.04 Å². The van der Waals surface area contributed by atoms with Gasteiger partial charge in [-0.25, -0.2) is 0 Å². The number of aromatic nitrogens is 2. The van der Waals surface area contributed by atoms with Crippen molar-refractivity contribution in [3.05, 3.63) is 17.5 Å². The first-order chi connectivity index (χ1) is 9.16. The molecule has 0 bridgehead atoms. The molecule has 19 heavy (non-hydrogen) atoms. The third kappa shape index (κ3) is 4.32. The third-order valence-electron chi connectivity index (χ3n) is 4.07. The predicted octanol–water partition coefficient (Wildman–Crippen LogP) is 2.26. The largest absolute Gasteiger partial charge is 0.310 e. The lowest BCUT2D eigenvalue weighted by Crippen LogP contribution is -2.32. The summed E-state index contributed by atoms with van der Waals surface area (Å²) in [7, 11) is 1.99. The summed E-state index contributed by atoms with van der Waals surface area (Å²) in [4.78, 5) is 2.60. The molecule has 2 rings (SSSR count). The van der Waals surface area contributed by atoms with Gasteiger partial charge < -0.3 is 10.2 Å². The van der Waals surface area contributed by atoms with Crippen LogP contribution in [0.4, 0.5) is 0 Å².